The van der Waals surface area contributed by atoms with Crippen molar-refractivity contribution in [3.05, 3.63) is 59.3 Å². The fourth-order valence-electron chi connectivity index (χ4n) is 4.08. The molecule has 1 aliphatic heterocycles. The van der Waals surface area contributed by atoms with Gasteiger partial charge < -0.3 is 5.73 Å². The monoisotopic (exact) mass is 546 g/mol. The van der Waals surface area contributed by atoms with Crippen LogP contribution in [0.15, 0.2) is 58.7 Å². The number of nitrogens with zero attached hydrogens (tertiary/aromatic N) is 1. The van der Waals surface area contributed by atoms with E-state index >= 15 is 0 Å². The Kier molecular flexibility index (Phi) is 13.3. The summed E-state index contributed by atoms with van der Waals surface area (Å²) in [6.07, 6.45) is -4.36. The molecule has 1 saturated carbocycles. The maximum absolute atomic E-state index is 11.8. The van der Waals surface area contributed by atoms with Gasteiger partial charge in [0.05, 0.1) is 6.42 Å². The molecule has 2 aliphatic rings. The van der Waals surface area contributed by atoms with Gasteiger partial charge in [0.2, 0.25) is 0 Å². The Morgan fingerprint density at radius 3 is 2.03 bits per heavy atom. The summed E-state index contributed by atoms with van der Waals surface area (Å²) in [4.78, 5) is 15.7. The molecule has 38 heavy (non-hydrogen) atoms. The van der Waals surface area contributed by atoms with Crippen LogP contribution in [0.4, 0.5) is 26.3 Å². The molecule has 0 spiro atoms. The zero-order chi connectivity index (χ0) is 29.1. The van der Waals surface area contributed by atoms with E-state index < -0.39 is 24.7 Å². The van der Waals surface area contributed by atoms with Gasteiger partial charge in [0, 0.05) is 11.3 Å². The van der Waals surface area contributed by atoms with Gasteiger partial charge in [0.1, 0.15) is 5.84 Å². The van der Waals surface area contributed by atoms with E-state index in [-0.39, 0.29) is 11.4 Å². The molecule has 3 rings (SSSR count). The second-order valence-corrected chi connectivity index (χ2v) is 10.0. The maximum atomic E-state index is 11.8. The Labute approximate surface area is 222 Å². The van der Waals surface area contributed by atoms with Gasteiger partial charge in [0.15, 0.2) is 11.7 Å². The SMILES string of the molecule is C=C(C)CC(C(F)(F)F)C(F)(F)F.CC(CC1CC1)c1ccccc1.CCCC1=C(CC)N=C(N)CC1=O. The van der Waals surface area contributed by atoms with Crippen molar-refractivity contribution in [2.24, 2.45) is 22.6 Å². The Balaban J connectivity index is 0.000000285. The van der Waals surface area contributed by atoms with Crippen LogP contribution in [0.25, 0.3) is 0 Å². The summed E-state index contributed by atoms with van der Waals surface area (Å²) in [5.41, 5.74) is 8.68. The lowest BCUT2D eigenvalue weighted by Crippen LogP contribution is -2.36. The summed E-state index contributed by atoms with van der Waals surface area (Å²) in [6.45, 7) is 10.6. The Bertz CT molecular complexity index is 946. The molecule has 0 saturated heterocycles. The number of Topliss-reactive ketones (excluding diaryl/α,β-unsaturated/α-hetero) is 1. The molecule has 0 aromatic heterocycles. The number of aliphatic imine (C=N–C) groups is 1. The van der Waals surface area contributed by atoms with Crippen molar-refractivity contribution in [1.82, 2.24) is 0 Å². The molecule has 3 nitrogen and oxygen atoms in total. The molecule has 1 atom stereocenters. The average molecular weight is 547 g/mol. The number of halogens is 6. The number of allylic oxidation sites excluding steroid dienone is 3. The molecule has 1 unspecified atom stereocenters. The number of carbonyl (C=O) groups is 1. The average Bonchev–Trinajstić information content (AvgIpc) is 3.63. The highest BCUT2D eigenvalue weighted by molar-refractivity contribution is 6.10. The van der Waals surface area contributed by atoms with Gasteiger partial charge >= 0.3 is 12.4 Å². The van der Waals surface area contributed by atoms with Crippen LogP contribution in [0.1, 0.15) is 90.5 Å². The van der Waals surface area contributed by atoms with Crippen LogP contribution in [0.3, 0.4) is 0 Å². The topological polar surface area (TPSA) is 55.4 Å². The van der Waals surface area contributed by atoms with E-state index in [4.69, 9.17) is 5.73 Å². The van der Waals surface area contributed by atoms with Crippen LogP contribution in [0, 0.1) is 11.8 Å². The van der Waals surface area contributed by atoms with Crippen LogP contribution >= 0.6 is 0 Å². The van der Waals surface area contributed by atoms with Crippen molar-refractivity contribution in [3.8, 4) is 0 Å². The number of alkyl halides is 6. The molecular weight excluding hydrogens is 506 g/mol. The molecule has 1 aliphatic carbocycles. The molecule has 1 aromatic carbocycles. The minimum Gasteiger partial charge on any atom is -0.387 e. The summed E-state index contributed by atoms with van der Waals surface area (Å²) >= 11 is 0. The Hall–Kier alpha value is -2.58. The number of rotatable bonds is 8. The second-order valence-electron chi connectivity index (χ2n) is 10.0. The van der Waals surface area contributed by atoms with Crippen LogP contribution in [-0.2, 0) is 4.79 Å². The molecular formula is C29H40F6N2O. The van der Waals surface area contributed by atoms with Gasteiger partial charge in [-0.15, -0.1) is 6.58 Å². The van der Waals surface area contributed by atoms with Crippen molar-refractivity contribution in [2.75, 3.05) is 0 Å². The number of ketones is 1. The maximum Gasteiger partial charge on any atom is 0.400 e. The van der Waals surface area contributed by atoms with Gasteiger partial charge in [-0.2, -0.15) is 26.3 Å². The number of carbonyl (C=O) groups excluding carboxylic acids is 1. The van der Waals surface area contributed by atoms with E-state index in [2.05, 4.69) is 55.8 Å². The van der Waals surface area contributed by atoms with Gasteiger partial charge in [-0.25, -0.2) is 4.99 Å². The number of nitrogens with two attached hydrogens (primary N) is 1. The first-order valence-electron chi connectivity index (χ1n) is 13.0. The van der Waals surface area contributed by atoms with E-state index in [1.54, 1.807) is 0 Å². The first kappa shape index (κ1) is 33.4. The summed E-state index contributed by atoms with van der Waals surface area (Å²) in [7, 11) is 0. The molecule has 214 valence electrons. The minimum atomic E-state index is -5.25. The van der Waals surface area contributed by atoms with Gasteiger partial charge in [-0.3, -0.25) is 4.79 Å². The first-order chi connectivity index (χ1) is 17.6. The predicted molar refractivity (Wildman–Crippen MR) is 141 cm³/mol. The van der Waals surface area contributed by atoms with Crippen LogP contribution in [0.2, 0.25) is 0 Å². The predicted octanol–water partition coefficient (Wildman–Crippen LogP) is 9.06. The number of hydrogen-bond donors (Lipinski definition) is 1. The molecule has 0 radical (unpaired) electrons. The molecule has 1 fully saturated rings. The zero-order valence-electron chi connectivity index (χ0n) is 22.7. The third kappa shape index (κ3) is 12.3. The summed E-state index contributed by atoms with van der Waals surface area (Å²) in [5, 5.41) is 0. The van der Waals surface area contributed by atoms with Crippen molar-refractivity contribution in [1.29, 1.82) is 0 Å². The molecule has 2 N–H and O–H groups in total. The lowest BCUT2D eigenvalue weighted by Gasteiger charge is -2.22. The zero-order valence-corrected chi connectivity index (χ0v) is 22.7. The fourth-order valence-corrected chi connectivity index (χ4v) is 4.08. The lowest BCUT2D eigenvalue weighted by molar-refractivity contribution is -0.283. The summed E-state index contributed by atoms with van der Waals surface area (Å²) in [6, 6.07) is 10.9. The standard InChI is InChI=1S/C12H16.C10H16N2O.C7H8F6/c1-10(9-11-7-8-11)12-5-3-2-4-6-12;1-3-5-7-8(4-2)12-10(11)6-9(7)13;1-4(2)3-5(6(8,9)10)7(11,12)13/h2-6,10-11H,7-9H2,1H3;3-6H2,1-2H3,(H2,11,12);5H,1,3H2,2H3. The third-order valence-electron chi connectivity index (χ3n) is 6.24. The van der Waals surface area contributed by atoms with Gasteiger partial charge in [-0.1, -0.05) is 75.9 Å². The number of hydrogen-bond acceptors (Lipinski definition) is 3. The van der Waals surface area contributed by atoms with Crippen molar-refractivity contribution < 1.29 is 31.1 Å². The highest BCUT2D eigenvalue weighted by Crippen LogP contribution is 2.42. The number of benzene rings is 1. The van der Waals surface area contributed by atoms with Crippen molar-refractivity contribution in [3.63, 3.8) is 0 Å². The third-order valence-corrected chi connectivity index (χ3v) is 6.24. The minimum absolute atomic E-state index is 0.139. The van der Waals surface area contributed by atoms with Crippen molar-refractivity contribution >= 4 is 11.6 Å². The molecule has 0 amide bonds. The quantitative estimate of drug-likeness (QED) is 0.261. The normalized spacial score (nSPS) is 16.7. The van der Waals surface area contributed by atoms with E-state index in [0.717, 1.165) is 49.3 Å². The van der Waals surface area contributed by atoms with Crippen LogP contribution in [0.5, 0.6) is 0 Å². The van der Waals surface area contributed by atoms with Crippen LogP contribution in [-0.4, -0.2) is 24.0 Å². The van der Waals surface area contributed by atoms with Crippen LogP contribution < -0.4 is 5.73 Å². The summed E-state index contributed by atoms with van der Waals surface area (Å²) in [5.74, 6) is -0.871. The Morgan fingerprint density at radius 2 is 1.63 bits per heavy atom. The van der Waals surface area contributed by atoms with E-state index in [9.17, 15) is 31.1 Å². The van der Waals surface area contributed by atoms with E-state index in [1.165, 1.54) is 24.8 Å². The molecule has 9 heteroatoms. The lowest BCUT2D eigenvalue weighted by atomic mass is 9.96. The van der Waals surface area contributed by atoms with E-state index in [1.807, 2.05) is 6.92 Å². The van der Waals surface area contributed by atoms with Gasteiger partial charge in [0.25, 0.3) is 0 Å². The van der Waals surface area contributed by atoms with E-state index in [0.29, 0.717) is 12.3 Å². The first-order valence-corrected chi connectivity index (χ1v) is 13.0. The smallest absolute Gasteiger partial charge is 0.387 e. The summed E-state index contributed by atoms with van der Waals surface area (Å²) < 4.78 is 70.9. The van der Waals surface area contributed by atoms with Crippen molar-refractivity contribution in [2.45, 2.75) is 97.3 Å². The Morgan fingerprint density at radius 1 is 1.08 bits per heavy atom. The largest absolute Gasteiger partial charge is 0.400 e. The number of amidine groups is 1. The molecule has 1 heterocycles. The molecule has 0 bridgehead atoms. The molecule has 1 aromatic rings. The second kappa shape index (κ2) is 15.1. The highest BCUT2D eigenvalue weighted by Gasteiger charge is 2.56. The highest BCUT2D eigenvalue weighted by atomic mass is 19.4. The fraction of sp³-hybridized carbons (Fsp3) is 0.586. The van der Waals surface area contributed by atoms with Gasteiger partial charge in [-0.05, 0) is 50.0 Å².